The van der Waals surface area contributed by atoms with Gasteiger partial charge in [-0.3, -0.25) is 9.69 Å². The Morgan fingerprint density at radius 3 is 2.07 bits per heavy atom. The van der Waals surface area contributed by atoms with Gasteiger partial charge in [-0.15, -0.1) is 0 Å². The molecule has 1 atom stereocenters. The highest BCUT2D eigenvalue weighted by Crippen LogP contribution is 2.26. The molecule has 4 fully saturated rings. The van der Waals surface area contributed by atoms with E-state index in [1.54, 1.807) is 0 Å². The van der Waals surface area contributed by atoms with Gasteiger partial charge in [0.15, 0.2) is 0 Å². The molecule has 27 heavy (non-hydrogen) atoms. The third-order valence-corrected chi connectivity index (χ3v) is 6.75. The van der Waals surface area contributed by atoms with E-state index in [2.05, 4.69) is 4.90 Å². The first-order valence-electron chi connectivity index (χ1n) is 10.9. The molecule has 4 saturated heterocycles. The van der Waals surface area contributed by atoms with Crippen LogP contribution in [-0.2, 0) is 9.53 Å². The molecule has 0 unspecified atom stereocenters. The Hall–Kier alpha value is -1.34. The molecule has 3 amide bonds. The van der Waals surface area contributed by atoms with Crippen LogP contribution in [0.4, 0.5) is 4.79 Å². The number of ether oxygens (including phenoxy) is 1. The molecule has 0 aromatic heterocycles. The summed E-state index contributed by atoms with van der Waals surface area (Å²) in [5, 5.41) is 0. The number of nitrogens with zero attached hydrogens (tertiary/aromatic N) is 4. The number of amides is 3. The van der Waals surface area contributed by atoms with Crippen molar-refractivity contribution in [2.45, 2.75) is 44.6 Å². The average molecular weight is 379 g/mol. The quantitative estimate of drug-likeness (QED) is 0.725. The van der Waals surface area contributed by atoms with E-state index in [4.69, 9.17) is 4.74 Å². The molecule has 4 rings (SSSR count). The third-order valence-electron chi connectivity index (χ3n) is 6.75. The second kappa shape index (κ2) is 8.78. The van der Waals surface area contributed by atoms with Gasteiger partial charge in [-0.05, 0) is 45.1 Å². The maximum absolute atomic E-state index is 12.9. The van der Waals surface area contributed by atoms with E-state index in [9.17, 15) is 9.59 Å². The van der Waals surface area contributed by atoms with E-state index in [1.807, 2.05) is 14.7 Å². The Morgan fingerprint density at radius 2 is 1.37 bits per heavy atom. The number of carbonyl (C=O) groups excluding carboxylic acids is 2. The molecule has 4 aliphatic rings. The molecular formula is C20H34N4O3. The third kappa shape index (κ3) is 4.40. The summed E-state index contributed by atoms with van der Waals surface area (Å²) in [6, 6.07) is 0.762. The largest absolute Gasteiger partial charge is 0.378 e. The van der Waals surface area contributed by atoms with Crippen LogP contribution in [0, 0.1) is 5.92 Å². The van der Waals surface area contributed by atoms with Crippen LogP contribution in [0.2, 0.25) is 0 Å². The molecule has 4 aliphatic heterocycles. The van der Waals surface area contributed by atoms with Crippen LogP contribution in [0.1, 0.15) is 38.5 Å². The summed E-state index contributed by atoms with van der Waals surface area (Å²) in [6.07, 6.45) is 6.49. The molecule has 0 N–H and O–H groups in total. The van der Waals surface area contributed by atoms with Crippen LogP contribution in [0.5, 0.6) is 0 Å². The van der Waals surface area contributed by atoms with Crippen molar-refractivity contribution >= 4 is 11.9 Å². The second-order valence-corrected chi connectivity index (χ2v) is 8.47. The van der Waals surface area contributed by atoms with E-state index < -0.39 is 0 Å². The van der Waals surface area contributed by atoms with Gasteiger partial charge in [-0.25, -0.2) is 4.79 Å². The lowest BCUT2D eigenvalue weighted by atomic mass is 9.92. The van der Waals surface area contributed by atoms with E-state index in [-0.39, 0.29) is 11.9 Å². The Kier molecular flexibility index (Phi) is 6.18. The predicted octanol–water partition coefficient (Wildman–Crippen LogP) is 1.24. The zero-order valence-electron chi connectivity index (χ0n) is 16.5. The van der Waals surface area contributed by atoms with Crippen LogP contribution in [0.3, 0.4) is 0 Å². The number of rotatable bonds is 2. The molecule has 0 spiro atoms. The van der Waals surface area contributed by atoms with Gasteiger partial charge >= 0.3 is 6.03 Å². The van der Waals surface area contributed by atoms with Crippen molar-refractivity contribution in [1.82, 2.24) is 19.6 Å². The lowest BCUT2D eigenvalue weighted by Crippen LogP contribution is -2.54. The van der Waals surface area contributed by atoms with Crippen LogP contribution in [0.25, 0.3) is 0 Å². The van der Waals surface area contributed by atoms with Crippen LogP contribution < -0.4 is 0 Å². The Bertz CT molecular complexity index is 523. The van der Waals surface area contributed by atoms with Gasteiger partial charge in [0.05, 0.1) is 19.1 Å². The van der Waals surface area contributed by atoms with Crippen molar-refractivity contribution in [3.8, 4) is 0 Å². The van der Waals surface area contributed by atoms with E-state index in [0.717, 1.165) is 90.9 Å². The predicted molar refractivity (Wildman–Crippen MR) is 102 cm³/mol. The number of piperidine rings is 2. The van der Waals surface area contributed by atoms with E-state index in [1.165, 1.54) is 0 Å². The Morgan fingerprint density at radius 1 is 0.704 bits per heavy atom. The fourth-order valence-electron chi connectivity index (χ4n) is 5.11. The summed E-state index contributed by atoms with van der Waals surface area (Å²) < 4.78 is 5.38. The first-order valence-corrected chi connectivity index (χ1v) is 10.9. The molecule has 4 heterocycles. The summed E-state index contributed by atoms with van der Waals surface area (Å²) in [6.45, 7) is 8.39. The molecule has 152 valence electrons. The summed E-state index contributed by atoms with van der Waals surface area (Å²) in [4.78, 5) is 34.0. The van der Waals surface area contributed by atoms with Crippen LogP contribution in [-0.4, -0.2) is 103 Å². The maximum Gasteiger partial charge on any atom is 0.319 e. The molecular weight excluding hydrogens is 344 g/mol. The van der Waals surface area contributed by atoms with Crippen molar-refractivity contribution in [3.05, 3.63) is 0 Å². The molecule has 7 nitrogen and oxygen atoms in total. The summed E-state index contributed by atoms with van der Waals surface area (Å²) in [5.74, 6) is 0.464. The van der Waals surface area contributed by atoms with Gasteiger partial charge < -0.3 is 19.4 Å². The number of urea groups is 1. The average Bonchev–Trinajstić information content (AvgIpc) is 3.28. The zero-order chi connectivity index (χ0) is 18.6. The number of hydrogen-bond acceptors (Lipinski definition) is 4. The van der Waals surface area contributed by atoms with Gasteiger partial charge in [0.2, 0.25) is 5.91 Å². The summed E-state index contributed by atoms with van der Waals surface area (Å²) in [5.41, 5.74) is 0. The number of morpholine rings is 1. The van der Waals surface area contributed by atoms with Crippen molar-refractivity contribution in [2.24, 2.45) is 5.92 Å². The highest BCUT2D eigenvalue weighted by Gasteiger charge is 2.35. The van der Waals surface area contributed by atoms with Gasteiger partial charge in [0, 0.05) is 51.9 Å². The van der Waals surface area contributed by atoms with E-state index >= 15 is 0 Å². The van der Waals surface area contributed by atoms with Crippen molar-refractivity contribution in [1.29, 1.82) is 0 Å². The Balaban J connectivity index is 1.26. The number of likely N-dealkylation sites (tertiary alicyclic amines) is 3. The molecule has 7 heteroatoms. The normalized spacial score (nSPS) is 28.6. The first-order chi connectivity index (χ1) is 13.2. The SMILES string of the molecule is O=C([C@H]1CCCN(C2CCN(C(=O)N3CCCC3)CC2)C1)N1CCOCC1. The minimum atomic E-state index is 0.140. The maximum atomic E-state index is 12.9. The number of hydrogen-bond donors (Lipinski definition) is 0. The van der Waals surface area contributed by atoms with Crippen molar-refractivity contribution < 1.29 is 14.3 Å². The van der Waals surface area contributed by atoms with Gasteiger partial charge in [0.25, 0.3) is 0 Å². The highest BCUT2D eigenvalue weighted by atomic mass is 16.5. The van der Waals surface area contributed by atoms with Gasteiger partial charge in [0.1, 0.15) is 0 Å². The lowest BCUT2D eigenvalue weighted by molar-refractivity contribution is -0.141. The van der Waals surface area contributed by atoms with Crippen LogP contribution in [0.15, 0.2) is 0 Å². The Labute approximate surface area is 162 Å². The van der Waals surface area contributed by atoms with Crippen molar-refractivity contribution in [2.75, 3.05) is 65.6 Å². The summed E-state index contributed by atoms with van der Waals surface area (Å²) >= 11 is 0. The summed E-state index contributed by atoms with van der Waals surface area (Å²) in [7, 11) is 0. The minimum Gasteiger partial charge on any atom is -0.378 e. The lowest BCUT2D eigenvalue weighted by Gasteiger charge is -2.43. The van der Waals surface area contributed by atoms with Gasteiger partial charge in [-0.1, -0.05) is 0 Å². The topological polar surface area (TPSA) is 56.3 Å². The van der Waals surface area contributed by atoms with Crippen LogP contribution >= 0.6 is 0 Å². The monoisotopic (exact) mass is 378 g/mol. The first kappa shape index (κ1) is 19.0. The van der Waals surface area contributed by atoms with Crippen molar-refractivity contribution in [3.63, 3.8) is 0 Å². The fourth-order valence-corrected chi connectivity index (χ4v) is 5.11. The molecule has 0 bridgehead atoms. The van der Waals surface area contributed by atoms with Gasteiger partial charge in [-0.2, -0.15) is 0 Å². The fraction of sp³-hybridized carbons (Fsp3) is 0.900. The molecule has 0 aromatic carbocycles. The molecule has 0 radical (unpaired) electrons. The number of carbonyl (C=O) groups is 2. The minimum absolute atomic E-state index is 0.140. The highest BCUT2D eigenvalue weighted by molar-refractivity contribution is 5.79. The second-order valence-electron chi connectivity index (χ2n) is 8.47. The standard InChI is InChI=1S/C20H34N4O3/c25-19(21-12-14-27-15-13-21)17-4-3-9-24(16-17)18-5-10-23(11-6-18)20(26)22-7-1-2-8-22/h17-18H,1-16H2/t17-/m0/s1. The zero-order valence-corrected chi connectivity index (χ0v) is 16.5. The molecule has 0 saturated carbocycles. The molecule has 0 aromatic rings. The smallest absolute Gasteiger partial charge is 0.319 e. The molecule has 0 aliphatic carbocycles. The van der Waals surface area contributed by atoms with E-state index in [0.29, 0.717) is 25.2 Å².